The summed E-state index contributed by atoms with van der Waals surface area (Å²) in [5.74, 6) is 0. The molecule has 2 aromatic carbocycles. The van der Waals surface area contributed by atoms with E-state index in [1.165, 1.54) is 33.4 Å². The maximum Gasteiger partial charge on any atom is -0.109 e. The maximum atomic E-state index is 3.67. The predicted molar refractivity (Wildman–Crippen MR) is 148 cm³/mol. The number of hydrogen-bond acceptors (Lipinski definition) is 0. The van der Waals surface area contributed by atoms with Crippen LogP contribution in [-0.2, 0) is 40.6 Å². The summed E-state index contributed by atoms with van der Waals surface area (Å²) in [5, 5.41) is 0. The third-order valence-corrected chi connectivity index (χ3v) is 17.3. The fraction of sp³-hybridized carbons (Fsp3) is 0.500. The van der Waals surface area contributed by atoms with Gasteiger partial charge in [0.25, 0.3) is 0 Å². The van der Waals surface area contributed by atoms with Crippen molar-refractivity contribution in [1.82, 2.24) is 0 Å². The third kappa shape index (κ3) is 8.30. The fourth-order valence-corrected chi connectivity index (χ4v) is 5.37. The molecule has 0 amide bonds. The first-order valence-corrected chi connectivity index (χ1v) is 18.1. The zero-order valence-corrected chi connectivity index (χ0v) is 26.6. The van der Waals surface area contributed by atoms with Crippen molar-refractivity contribution in [3.8, 4) is 11.1 Å². The van der Waals surface area contributed by atoms with Crippen molar-refractivity contribution in [3.05, 3.63) is 83.0 Å². The fourth-order valence-electron chi connectivity index (χ4n) is 4.03. The maximum absolute atomic E-state index is 3.67. The second kappa shape index (κ2) is 12.3. The van der Waals surface area contributed by atoms with Crippen LogP contribution in [-0.4, -0.2) is 5.43 Å². The molecule has 0 bridgehead atoms. The minimum atomic E-state index is 0.0663. The Labute approximate surface area is 225 Å². The van der Waals surface area contributed by atoms with Gasteiger partial charge in [0.2, 0.25) is 0 Å². The van der Waals surface area contributed by atoms with Gasteiger partial charge in [0.15, 0.2) is 0 Å². The zero-order valence-electron chi connectivity index (χ0n) is 23.2. The Kier molecular flexibility index (Phi) is 10.6. The summed E-state index contributed by atoms with van der Waals surface area (Å²) in [4.78, 5) is 0. The van der Waals surface area contributed by atoms with E-state index in [1.807, 2.05) is 12.2 Å². The predicted octanol–water partition coefficient (Wildman–Crippen LogP) is 9.30. The molecule has 180 valence electrons. The van der Waals surface area contributed by atoms with Crippen molar-refractivity contribution in [1.29, 1.82) is 0 Å². The number of rotatable bonds is 2. The van der Waals surface area contributed by atoms with Crippen LogP contribution in [0.2, 0.25) is 11.1 Å². The largest absolute Gasteiger partial charge is 0.273 e. The van der Waals surface area contributed by atoms with Gasteiger partial charge in [-0.05, 0) is 28.4 Å². The van der Waals surface area contributed by atoms with E-state index in [9.17, 15) is 0 Å². The molecule has 0 N–H and O–H groups in total. The molecule has 0 spiro atoms. The number of benzene rings is 2. The van der Waals surface area contributed by atoms with Crippen molar-refractivity contribution >= 4 is 5.43 Å². The summed E-state index contributed by atoms with van der Waals surface area (Å²) in [5.41, 5.74) is 10.7. The third-order valence-electron chi connectivity index (χ3n) is 6.29. The quantitative estimate of drug-likeness (QED) is 0.221. The van der Waals surface area contributed by atoms with Crippen molar-refractivity contribution in [2.75, 3.05) is 0 Å². The average Bonchev–Trinajstić information content (AvgIpc) is 3.42. The molecule has 2 aromatic rings. The van der Waals surface area contributed by atoms with E-state index >= 15 is 0 Å². The van der Waals surface area contributed by atoms with Crippen LogP contribution in [0.4, 0.5) is 0 Å². The molecule has 0 aliphatic heterocycles. The SMILES string of the molecule is CC(C)(C)c1[c-]c2c(cc1)-c1ccc(C(C)(C)C)cc1C2.CC(C)[Si](=[Zr+2])C(C)C.[C-]1=CC=CC1. The van der Waals surface area contributed by atoms with E-state index in [0.717, 1.165) is 23.9 Å². The molecule has 34 heavy (non-hydrogen) atoms. The summed E-state index contributed by atoms with van der Waals surface area (Å²) < 4.78 is 0. The average molecular weight is 548 g/mol. The smallest absolute Gasteiger partial charge is 0.109 e. The molecular formula is C32H44SiZr. The number of hydrogen-bond donors (Lipinski definition) is 0. The first-order valence-electron chi connectivity index (χ1n) is 12.7. The molecule has 0 aromatic heterocycles. The summed E-state index contributed by atoms with van der Waals surface area (Å²) in [6.07, 6.45) is 11.0. The number of allylic oxidation sites excluding steroid dienone is 4. The van der Waals surface area contributed by atoms with E-state index in [2.05, 4.69) is 118 Å². The normalized spacial score (nSPS) is 13.8. The van der Waals surface area contributed by atoms with Gasteiger partial charge in [0, 0.05) is 0 Å². The molecule has 0 atom stereocenters. The van der Waals surface area contributed by atoms with Gasteiger partial charge in [-0.3, -0.25) is 6.08 Å². The van der Waals surface area contributed by atoms with Gasteiger partial charge in [-0.2, -0.15) is 29.8 Å². The molecule has 2 heteroatoms. The van der Waals surface area contributed by atoms with Gasteiger partial charge in [-0.15, -0.1) is 17.5 Å². The Balaban J connectivity index is 0.000000258. The Morgan fingerprint density at radius 3 is 1.88 bits per heavy atom. The molecule has 0 unspecified atom stereocenters. The summed E-state index contributed by atoms with van der Waals surface area (Å²) in [6.45, 7) is 23.0. The molecule has 2 aliphatic carbocycles. The van der Waals surface area contributed by atoms with Gasteiger partial charge in [-0.25, -0.2) is 12.2 Å². The van der Waals surface area contributed by atoms with Crippen LogP contribution >= 0.6 is 0 Å². The van der Waals surface area contributed by atoms with Crippen LogP contribution in [0.1, 0.15) is 97.9 Å². The van der Waals surface area contributed by atoms with Gasteiger partial charge >= 0.3 is 67.5 Å². The van der Waals surface area contributed by atoms with Crippen molar-refractivity contribution in [3.63, 3.8) is 0 Å². The molecule has 0 heterocycles. The minimum absolute atomic E-state index is 0.0663. The van der Waals surface area contributed by atoms with Gasteiger partial charge in [0.1, 0.15) is 0 Å². The standard InChI is InChI=1S/C21H25.C6H14Si.C5H5.Zr/c1-20(2,3)16-7-9-18-14(12-16)11-15-13-17(21(4,5)6)8-10-19(15)18;1-5(2)7-6(3)4;1-2-4-5-3-1;/h7-10,12H,11H2,1-6H3;5-6H,1-4H3;1-3H,4H2;/q-1;;-1;+2. The molecule has 4 rings (SSSR count). The van der Waals surface area contributed by atoms with E-state index in [0.29, 0.717) is 0 Å². The Bertz CT molecular complexity index is 958. The van der Waals surface area contributed by atoms with Gasteiger partial charge < -0.3 is 0 Å². The van der Waals surface area contributed by atoms with Crippen LogP contribution in [0.15, 0.2) is 48.6 Å². The molecule has 0 saturated heterocycles. The van der Waals surface area contributed by atoms with E-state index < -0.39 is 0 Å². The number of fused-ring (bicyclic) bond motifs is 3. The Hall–Kier alpha value is -0.980. The van der Waals surface area contributed by atoms with Crippen molar-refractivity contribution in [2.45, 2.75) is 104 Å². The zero-order chi connectivity index (χ0) is 25.7. The van der Waals surface area contributed by atoms with E-state index in [1.54, 1.807) is 23.3 Å². The van der Waals surface area contributed by atoms with Crippen LogP contribution < -0.4 is 0 Å². The first kappa shape index (κ1) is 29.3. The molecule has 2 aliphatic rings. The van der Waals surface area contributed by atoms with Crippen LogP contribution in [0.25, 0.3) is 11.1 Å². The van der Waals surface area contributed by atoms with Crippen LogP contribution in [0.5, 0.6) is 0 Å². The molecule has 0 saturated carbocycles. The van der Waals surface area contributed by atoms with Crippen molar-refractivity contribution in [2.24, 2.45) is 0 Å². The molecule has 0 nitrogen and oxygen atoms in total. The summed E-state index contributed by atoms with van der Waals surface area (Å²) >= 11 is 1.80. The van der Waals surface area contributed by atoms with E-state index in [-0.39, 0.29) is 16.3 Å². The minimum Gasteiger partial charge on any atom is -0.273 e. The van der Waals surface area contributed by atoms with E-state index in [4.69, 9.17) is 0 Å². The monoisotopic (exact) mass is 546 g/mol. The second-order valence-corrected chi connectivity index (χ2v) is 19.6. The topological polar surface area (TPSA) is 0 Å². The molecular weight excluding hydrogens is 504 g/mol. The molecule has 0 radical (unpaired) electrons. The summed E-state index contributed by atoms with van der Waals surface area (Å²) in [6, 6.07) is 15.2. The Morgan fingerprint density at radius 1 is 0.853 bits per heavy atom. The summed E-state index contributed by atoms with van der Waals surface area (Å²) in [7, 11) is 0. The van der Waals surface area contributed by atoms with Crippen LogP contribution in [0, 0.1) is 12.1 Å². The van der Waals surface area contributed by atoms with Gasteiger partial charge in [-0.1, -0.05) is 65.3 Å². The molecule has 0 fully saturated rings. The first-order chi connectivity index (χ1) is 15.7. The van der Waals surface area contributed by atoms with Crippen LogP contribution in [0.3, 0.4) is 0 Å². The van der Waals surface area contributed by atoms with Crippen molar-refractivity contribution < 1.29 is 23.3 Å². The Morgan fingerprint density at radius 2 is 1.47 bits per heavy atom. The second-order valence-electron chi connectivity index (χ2n) is 12.1. The van der Waals surface area contributed by atoms with Gasteiger partial charge in [0.05, 0.1) is 0 Å².